The number of anilines is 1. The van der Waals surface area contributed by atoms with Gasteiger partial charge >= 0.3 is 0 Å². The summed E-state index contributed by atoms with van der Waals surface area (Å²) in [5, 5.41) is 15.7. The lowest BCUT2D eigenvalue weighted by Crippen LogP contribution is -2.16. The van der Waals surface area contributed by atoms with Gasteiger partial charge in [-0.15, -0.1) is 10.2 Å². The summed E-state index contributed by atoms with van der Waals surface area (Å²) < 4.78 is 1.55. The second-order valence-electron chi connectivity index (χ2n) is 5.54. The number of amides is 1. The zero-order chi connectivity index (χ0) is 18.1. The largest absolute Gasteiger partial charge is 0.320 e. The highest BCUT2D eigenvalue weighted by atomic mass is 32.1. The van der Waals surface area contributed by atoms with E-state index in [0.717, 1.165) is 17.0 Å². The Bertz CT molecular complexity index is 1110. The number of nitrogens with zero attached hydrogens (tertiary/aromatic N) is 4. The first-order chi connectivity index (χ1) is 12.6. The fourth-order valence-electron chi connectivity index (χ4n) is 2.52. The number of fused-ring (bicyclic) bond motifs is 1. The highest BCUT2D eigenvalue weighted by molar-refractivity contribution is 7.11. The number of para-hydroxylation sites is 2. The van der Waals surface area contributed by atoms with Crippen LogP contribution in [0.1, 0.15) is 22.3 Å². The maximum atomic E-state index is 12.1. The number of Topliss-reactive ketones (excluding diaryl/α,β-unsaturated/α-hetero) is 1. The number of aromatic nitrogens is 2. The number of hydrogen-bond acceptors (Lipinski definition) is 6. The van der Waals surface area contributed by atoms with Gasteiger partial charge in [0.2, 0.25) is 4.80 Å². The topological polar surface area (TPSA) is 88.7 Å². The van der Waals surface area contributed by atoms with Crippen LogP contribution < -0.4 is 10.1 Å². The van der Waals surface area contributed by atoms with Gasteiger partial charge in [0.15, 0.2) is 16.5 Å². The minimum atomic E-state index is -0.308. The average molecular weight is 363 g/mol. The van der Waals surface area contributed by atoms with E-state index in [1.54, 1.807) is 16.8 Å². The van der Waals surface area contributed by atoms with Gasteiger partial charge in [-0.3, -0.25) is 9.59 Å². The minimum Gasteiger partial charge on any atom is -0.320 e. The molecule has 0 saturated carbocycles. The Hall–Kier alpha value is -3.39. The number of carbonyl (C=O) groups is 2. The van der Waals surface area contributed by atoms with Gasteiger partial charge in [-0.2, -0.15) is 5.10 Å². The van der Waals surface area contributed by atoms with Crippen LogP contribution in [0.15, 0.2) is 64.8 Å². The molecule has 1 amide bonds. The molecule has 2 heterocycles. The summed E-state index contributed by atoms with van der Waals surface area (Å²) in [5.74, 6) is -0.463. The Labute approximate surface area is 152 Å². The van der Waals surface area contributed by atoms with E-state index in [0.29, 0.717) is 21.1 Å². The first-order valence-electron chi connectivity index (χ1n) is 7.82. The molecule has 0 saturated heterocycles. The molecular formula is C18H13N5O2S. The second-order valence-corrected chi connectivity index (χ2v) is 6.50. The van der Waals surface area contributed by atoms with E-state index in [-0.39, 0.29) is 17.4 Å². The molecule has 1 aliphatic heterocycles. The van der Waals surface area contributed by atoms with Crippen molar-refractivity contribution in [2.75, 3.05) is 5.32 Å². The molecule has 8 heteroatoms. The van der Waals surface area contributed by atoms with Crippen LogP contribution in [0.2, 0.25) is 0 Å². The van der Waals surface area contributed by atoms with Crippen molar-refractivity contribution in [3.63, 3.8) is 0 Å². The average Bonchev–Trinajstić information content (AvgIpc) is 3.21. The molecule has 0 fully saturated rings. The minimum absolute atomic E-state index is 0.155. The second kappa shape index (κ2) is 6.49. The first kappa shape index (κ1) is 16.1. The zero-order valence-electron chi connectivity index (χ0n) is 13.7. The summed E-state index contributed by atoms with van der Waals surface area (Å²) in [6, 6.07) is 16.6. The molecule has 0 bridgehead atoms. The Morgan fingerprint density at radius 3 is 2.58 bits per heavy atom. The number of carbonyl (C=O) groups excluding carboxylic acids is 2. The zero-order valence-corrected chi connectivity index (χ0v) is 14.5. The van der Waals surface area contributed by atoms with Crippen LogP contribution in [0.3, 0.4) is 0 Å². The smallest absolute Gasteiger partial charge is 0.276 e. The molecule has 4 rings (SSSR count). The van der Waals surface area contributed by atoms with Crippen molar-refractivity contribution in [1.29, 1.82) is 0 Å². The molecule has 1 N–H and O–H groups in total. The monoisotopic (exact) mass is 363 g/mol. The van der Waals surface area contributed by atoms with Gasteiger partial charge in [0.1, 0.15) is 0 Å². The molecule has 128 valence electrons. The van der Waals surface area contributed by atoms with Crippen molar-refractivity contribution in [2.24, 2.45) is 10.2 Å². The molecule has 0 spiro atoms. The summed E-state index contributed by atoms with van der Waals surface area (Å²) in [6.45, 7) is 1.45. The van der Waals surface area contributed by atoms with Crippen LogP contribution in [0.4, 0.5) is 5.69 Å². The van der Waals surface area contributed by atoms with Gasteiger partial charge in [-0.25, -0.2) is 4.68 Å². The third-order valence-electron chi connectivity index (χ3n) is 3.74. The van der Waals surface area contributed by atoms with E-state index >= 15 is 0 Å². The Balaban J connectivity index is 1.85. The number of hydrogen-bond donors (Lipinski definition) is 1. The van der Waals surface area contributed by atoms with Crippen LogP contribution in [0, 0.1) is 0 Å². The van der Waals surface area contributed by atoms with Crippen molar-refractivity contribution >= 4 is 34.4 Å². The van der Waals surface area contributed by atoms with Gasteiger partial charge in [0.05, 0.1) is 11.4 Å². The van der Waals surface area contributed by atoms with Gasteiger partial charge in [0, 0.05) is 12.5 Å². The number of rotatable bonds is 3. The molecule has 2 aromatic carbocycles. The molecule has 7 nitrogen and oxygen atoms in total. The molecular weight excluding hydrogens is 350 g/mol. The third kappa shape index (κ3) is 2.86. The quantitative estimate of drug-likeness (QED) is 0.572. The molecule has 0 radical (unpaired) electrons. The van der Waals surface area contributed by atoms with E-state index in [4.69, 9.17) is 0 Å². The van der Waals surface area contributed by atoms with Crippen LogP contribution in [-0.2, 0) is 4.79 Å². The maximum Gasteiger partial charge on any atom is 0.276 e. The van der Waals surface area contributed by atoms with E-state index in [2.05, 4.69) is 20.6 Å². The summed E-state index contributed by atoms with van der Waals surface area (Å²) in [7, 11) is 0. The standard InChI is InChI=1S/C18H13N5O2S/c1-11(24)17-22-23(12-7-3-2-4-8-12)18(26-17)21-20-15-13-9-5-6-10-14(13)19-16(15)25/h2-10H,1H3,(H,19,20,25)/b21-18+. The lowest BCUT2D eigenvalue weighted by molar-refractivity contribution is -0.110. The van der Waals surface area contributed by atoms with E-state index < -0.39 is 0 Å². The normalized spacial score (nSPS) is 15.2. The summed E-state index contributed by atoms with van der Waals surface area (Å²) in [6.07, 6.45) is 0. The third-order valence-corrected chi connectivity index (χ3v) is 4.74. The highest BCUT2D eigenvalue weighted by Crippen LogP contribution is 2.22. The predicted molar refractivity (Wildman–Crippen MR) is 98.6 cm³/mol. The van der Waals surface area contributed by atoms with Crippen LogP contribution >= 0.6 is 11.3 Å². The maximum absolute atomic E-state index is 12.1. The SMILES string of the molecule is CC(=O)c1nn(-c2ccccc2)/c(=N\N=C2/C(=O)Nc3ccccc32)s1. The summed E-state index contributed by atoms with van der Waals surface area (Å²) in [5.41, 5.74) is 2.39. The predicted octanol–water partition coefficient (Wildman–Crippen LogP) is 2.39. The van der Waals surface area contributed by atoms with Crippen LogP contribution in [0.25, 0.3) is 5.69 Å². The summed E-state index contributed by atoms with van der Waals surface area (Å²) >= 11 is 1.13. The van der Waals surface area contributed by atoms with Crippen LogP contribution in [-0.4, -0.2) is 27.2 Å². The van der Waals surface area contributed by atoms with Gasteiger partial charge < -0.3 is 5.32 Å². The molecule has 1 aliphatic rings. The highest BCUT2D eigenvalue weighted by Gasteiger charge is 2.25. The van der Waals surface area contributed by atoms with Crippen molar-refractivity contribution < 1.29 is 9.59 Å². The lowest BCUT2D eigenvalue weighted by atomic mass is 10.1. The van der Waals surface area contributed by atoms with Crippen molar-refractivity contribution in [1.82, 2.24) is 9.78 Å². The molecule has 0 aliphatic carbocycles. The number of nitrogens with one attached hydrogen (secondary N) is 1. The Morgan fingerprint density at radius 1 is 1.08 bits per heavy atom. The summed E-state index contributed by atoms with van der Waals surface area (Å²) in [4.78, 5) is 24.3. The van der Waals surface area contributed by atoms with E-state index in [1.165, 1.54) is 6.92 Å². The van der Waals surface area contributed by atoms with Gasteiger partial charge in [0.25, 0.3) is 5.91 Å². The van der Waals surface area contributed by atoms with Gasteiger partial charge in [-0.05, 0) is 18.2 Å². The van der Waals surface area contributed by atoms with Crippen LogP contribution in [0.5, 0.6) is 0 Å². The van der Waals surface area contributed by atoms with Crippen molar-refractivity contribution in [3.8, 4) is 5.69 Å². The molecule has 0 atom stereocenters. The van der Waals surface area contributed by atoms with Gasteiger partial charge in [-0.1, -0.05) is 47.7 Å². The number of ketones is 1. The van der Waals surface area contributed by atoms with E-state index in [1.807, 2.05) is 42.5 Å². The number of benzene rings is 2. The van der Waals surface area contributed by atoms with Crippen molar-refractivity contribution in [2.45, 2.75) is 6.92 Å². The molecule has 0 unspecified atom stereocenters. The van der Waals surface area contributed by atoms with Crippen molar-refractivity contribution in [3.05, 3.63) is 70.0 Å². The Morgan fingerprint density at radius 2 is 1.81 bits per heavy atom. The van der Waals surface area contributed by atoms with E-state index in [9.17, 15) is 9.59 Å². The fourth-order valence-corrected chi connectivity index (χ4v) is 3.27. The Kier molecular flexibility index (Phi) is 4.02. The molecule has 3 aromatic rings. The lowest BCUT2D eigenvalue weighted by Gasteiger charge is -1.99. The fraction of sp³-hybridized carbons (Fsp3) is 0.0556. The molecule has 1 aromatic heterocycles. The molecule has 26 heavy (non-hydrogen) atoms. The first-order valence-corrected chi connectivity index (χ1v) is 8.64.